The van der Waals surface area contributed by atoms with E-state index in [4.69, 9.17) is 14.2 Å². The van der Waals surface area contributed by atoms with Gasteiger partial charge >= 0.3 is 5.97 Å². The maximum Gasteiger partial charge on any atom is 0.337 e. The quantitative estimate of drug-likeness (QED) is 0.458. The summed E-state index contributed by atoms with van der Waals surface area (Å²) in [4.78, 5) is 29.6. The lowest BCUT2D eigenvalue weighted by atomic mass is 10.1. The van der Waals surface area contributed by atoms with Crippen LogP contribution in [0.4, 0.5) is 0 Å². The lowest BCUT2D eigenvalue weighted by Gasteiger charge is -2.09. The summed E-state index contributed by atoms with van der Waals surface area (Å²) >= 11 is 1.29. The Morgan fingerprint density at radius 3 is 2.41 bits per heavy atom. The Hall–Kier alpha value is -3.39. The zero-order valence-electron chi connectivity index (χ0n) is 16.3. The van der Waals surface area contributed by atoms with E-state index in [1.807, 2.05) is 4.57 Å². The molecule has 1 heterocycles. The van der Waals surface area contributed by atoms with Gasteiger partial charge in [0.05, 0.1) is 37.1 Å². The first-order chi connectivity index (χ1) is 14.0. The number of carbonyl (C=O) groups excluding carboxylic acids is 2. The predicted molar refractivity (Wildman–Crippen MR) is 111 cm³/mol. The molecule has 0 saturated carbocycles. The van der Waals surface area contributed by atoms with Crippen molar-refractivity contribution in [3.63, 3.8) is 0 Å². The Morgan fingerprint density at radius 2 is 1.83 bits per heavy atom. The molecule has 150 valence electrons. The standard InChI is InChI=1S/C21H20N2O5S/c1-5-11-23-14-10-9-13(20(25)28-4)12-17(14)29-21(23)22-19(24)18-15(26-2)7-6-8-16(18)27-3/h5-10,12H,1,11H2,2-4H3. The smallest absolute Gasteiger partial charge is 0.337 e. The molecule has 29 heavy (non-hydrogen) atoms. The number of hydrogen-bond acceptors (Lipinski definition) is 6. The second-order valence-electron chi connectivity index (χ2n) is 5.91. The fourth-order valence-electron chi connectivity index (χ4n) is 2.91. The van der Waals surface area contributed by atoms with Gasteiger partial charge in [-0.3, -0.25) is 4.79 Å². The van der Waals surface area contributed by atoms with E-state index in [9.17, 15) is 9.59 Å². The monoisotopic (exact) mass is 412 g/mol. The van der Waals surface area contributed by atoms with Crippen LogP contribution in [-0.2, 0) is 11.3 Å². The van der Waals surface area contributed by atoms with E-state index in [1.165, 1.54) is 32.7 Å². The van der Waals surface area contributed by atoms with Gasteiger partial charge in [0, 0.05) is 6.54 Å². The molecule has 1 amide bonds. The summed E-state index contributed by atoms with van der Waals surface area (Å²) in [7, 11) is 4.30. The number of methoxy groups -OCH3 is 3. The van der Waals surface area contributed by atoms with Crippen LogP contribution in [0.5, 0.6) is 11.5 Å². The number of nitrogens with zero attached hydrogens (tertiary/aromatic N) is 2. The highest BCUT2D eigenvalue weighted by molar-refractivity contribution is 7.16. The summed E-state index contributed by atoms with van der Waals surface area (Å²) in [5.74, 6) is -0.161. The van der Waals surface area contributed by atoms with Gasteiger partial charge in [-0.05, 0) is 30.3 Å². The lowest BCUT2D eigenvalue weighted by Crippen LogP contribution is -2.17. The maximum atomic E-state index is 13.0. The van der Waals surface area contributed by atoms with Crippen LogP contribution in [0.2, 0.25) is 0 Å². The summed E-state index contributed by atoms with van der Waals surface area (Å²) in [5, 5.41) is 0. The van der Waals surface area contributed by atoms with E-state index in [2.05, 4.69) is 11.6 Å². The number of amides is 1. The first-order valence-corrected chi connectivity index (χ1v) is 9.48. The fraction of sp³-hybridized carbons (Fsp3) is 0.190. The number of fused-ring (bicyclic) bond motifs is 1. The molecule has 2 aromatic carbocycles. The molecule has 1 aromatic heterocycles. The van der Waals surface area contributed by atoms with Gasteiger partial charge in [-0.25, -0.2) is 4.79 Å². The molecule has 0 N–H and O–H groups in total. The largest absolute Gasteiger partial charge is 0.496 e. The molecule has 0 unspecified atom stereocenters. The molecule has 3 aromatic rings. The molecule has 7 nitrogen and oxygen atoms in total. The van der Waals surface area contributed by atoms with Crippen molar-refractivity contribution in [3.05, 3.63) is 65.0 Å². The van der Waals surface area contributed by atoms with Crippen LogP contribution < -0.4 is 14.3 Å². The topological polar surface area (TPSA) is 79.1 Å². The van der Waals surface area contributed by atoms with Gasteiger partial charge in [0.15, 0.2) is 4.80 Å². The average Bonchev–Trinajstić information content (AvgIpc) is 3.08. The van der Waals surface area contributed by atoms with Crippen molar-refractivity contribution in [1.29, 1.82) is 0 Å². The second kappa shape index (κ2) is 8.74. The molecule has 0 aliphatic rings. The Bertz CT molecular complexity index is 1140. The number of allylic oxidation sites excluding steroid dienone is 1. The van der Waals surface area contributed by atoms with Crippen molar-refractivity contribution in [1.82, 2.24) is 4.57 Å². The van der Waals surface area contributed by atoms with Crippen LogP contribution in [0.3, 0.4) is 0 Å². The van der Waals surface area contributed by atoms with Gasteiger partial charge in [-0.1, -0.05) is 23.5 Å². The minimum atomic E-state index is -0.489. The number of ether oxygens (including phenoxy) is 3. The summed E-state index contributed by atoms with van der Waals surface area (Å²) in [6.45, 7) is 4.23. The highest BCUT2D eigenvalue weighted by Crippen LogP contribution is 2.29. The molecule has 0 bridgehead atoms. The number of aromatic nitrogens is 1. The molecule has 0 aliphatic carbocycles. The SMILES string of the molecule is C=CCn1c(=NC(=O)c2c(OC)cccc2OC)sc2cc(C(=O)OC)ccc21. The van der Waals surface area contributed by atoms with Crippen molar-refractivity contribution in [2.75, 3.05) is 21.3 Å². The highest BCUT2D eigenvalue weighted by Gasteiger charge is 2.19. The minimum absolute atomic E-state index is 0.246. The number of hydrogen-bond donors (Lipinski definition) is 0. The zero-order valence-corrected chi connectivity index (χ0v) is 17.1. The van der Waals surface area contributed by atoms with Gasteiger partial charge < -0.3 is 18.8 Å². The second-order valence-corrected chi connectivity index (χ2v) is 6.92. The number of benzene rings is 2. The van der Waals surface area contributed by atoms with E-state index in [0.29, 0.717) is 28.4 Å². The van der Waals surface area contributed by atoms with E-state index < -0.39 is 11.9 Å². The van der Waals surface area contributed by atoms with Crippen LogP contribution in [0.25, 0.3) is 10.2 Å². The van der Waals surface area contributed by atoms with Crippen LogP contribution >= 0.6 is 11.3 Å². The van der Waals surface area contributed by atoms with E-state index in [1.54, 1.807) is 42.5 Å². The van der Waals surface area contributed by atoms with Crippen LogP contribution in [0.1, 0.15) is 20.7 Å². The molecule has 0 saturated heterocycles. The van der Waals surface area contributed by atoms with Crippen molar-refractivity contribution in [2.24, 2.45) is 4.99 Å². The fourth-order valence-corrected chi connectivity index (χ4v) is 3.99. The Balaban J connectivity index is 2.19. The Morgan fingerprint density at radius 1 is 1.14 bits per heavy atom. The van der Waals surface area contributed by atoms with Crippen molar-refractivity contribution in [3.8, 4) is 11.5 Å². The third kappa shape index (κ3) is 3.93. The van der Waals surface area contributed by atoms with Crippen LogP contribution in [0, 0.1) is 0 Å². The number of thiazole rings is 1. The molecule has 0 aliphatic heterocycles. The molecular formula is C21H20N2O5S. The Kier molecular flexibility index (Phi) is 6.13. The maximum absolute atomic E-state index is 13.0. The Labute approximate surface area is 171 Å². The third-order valence-electron chi connectivity index (χ3n) is 4.25. The molecule has 0 atom stereocenters. The number of carbonyl (C=O) groups is 2. The number of rotatable bonds is 6. The van der Waals surface area contributed by atoms with Gasteiger partial charge in [-0.2, -0.15) is 4.99 Å². The molecule has 0 spiro atoms. The highest BCUT2D eigenvalue weighted by atomic mass is 32.1. The van der Waals surface area contributed by atoms with E-state index >= 15 is 0 Å². The summed E-state index contributed by atoms with van der Waals surface area (Å²) in [6, 6.07) is 10.3. The minimum Gasteiger partial charge on any atom is -0.496 e. The van der Waals surface area contributed by atoms with Gasteiger partial charge in [0.25, 0.3) is 5.91 Å². The molecule has 0 fully saturated rings. The van der Waals surface area contributed by atoms with Crippen molar-refractivity contribution >= 4 is 33.4 Å². The summed E-state index contributed by atoms with van der Waals surface area (Å²) < 4.78 is 18.0. The summed E-state index contributed by atoms with van der Waals surface area (Å²) in [5.41, 5.74) is 1.51. The van der Waals surface area contributed by atoms with Gasteiger partial charge in [0.2, 0.25) is 0 Å². The number of esters is 1. The normalized spacial score (nSPS) is 11.3. The molecule has 3 rings (SSSR count). The molecular weight excluding hydrogens is 392 g/mol. The van der Waals surface area contributed by atoms with Gasteiger partial charge in [-0.15, -0.1) is 6.58 Å². The molecule has 8 heteroatoms. The zero-order chi connectivity index (χ0) is 21.0. The van der Waals surface area contributed by atoms with Crippen molar-refractivity contribution < 1.29 is 23.8 Å². The van der Waals surface area contributed by atoms with Crippen LogP contribution in [0.15, 0.2) is 54.0 Å². The van der Waals surface area contributed by atoms with Gasteiger partial charge in [0.1, 0.15) is 17.1 Å². The third-order valence-corrected chi connectivity index (χ3v) is 5.30. The lowest BCUT2D eigenvalue weighted by molar-refractivity contribution is 0.0600. The molecule has 0 radical (unpaired) electrons. The first-order valence-electron chi connectivity index (χ1n) is 8.66. The first kappa shape index (κ1) is 20.3. The van der Waals surface area contributed by atoms with E-state index in [-0.39, 0.29) is 5.56 Å². The average molecular weight is 412 g/mol. The van der Waals surface area contributed by atoms with Crippen molar-refractivity contribution in [2.45, 2.75) is 6.54 Å². The summed E-state index contributed by atoms with van der Waals surface area (Å²) in [6.07, 6.45) is 1.72. The van der Waals surface area contributed by atoms with E-state index in [0.717, 1.165) is 10.2 Å². The van der Waals surface area contributed by atoms with Crippen LogP contribution in [-0.4, -0.2) is 37.8 Å². The predicted octanol–water partition coefficient (Wildman–Crippen LogP) is 3.43.